The summed E-state index contributed by atoms with van der Waals surface area (Å²) in [6.45, 7) is 5.25. The van der Waals surface area contributed by atoms with Crippen molar-refractivity contribution in [2.75, 3.05) is 51.8 Å². The van der Waals surface area contributed by atoms with Crippen molar-refractivity contribution >= 4 is 17.6 Å². The SMILES string of the molecule is COC(=O)c1nnn(CCCN2CCN(c3ccccc3)CC2)c1C(=O)OC. The number of benzene rings is 1. The maximum absolute atomic E-state index is 12.0. The van der Waals surface area contributed by atoms with Crippen LogP contribution < -0.4 is 4.90 Å². The second-order valence-corrected chi connectivity index (χ2v) is 6.51. The van der Waals surface area contributed by atoms with Crippen LogP contribution in [0.1, 0.15) is 27.4 Å². The largest absolute Gasteiger partial charge is 0.464 e. The summed E-state index contributed by atoms with van der Waals surface area (Å²) in [5, 5.41) is 7.71. The van der Waals surface area contributed by atoms with Gasteiger partial charge in [-0.25, -0.2) is 14.3 Å². The molecule has 1 fully saturated rings. The van der Waals surface area contributed by atoms with Gasteiger partial charge in [0, 0.05) is 45.0 Å². The molecule has 0 N–H and O–H groups in total. The molecule has 0 atom stereocenters. The van der Waals surface area contributed by atoms with Crippen LogP contribution >= 0.6 is 0 Å². The summed E-state index contributed by atoms with van der Waals surface area (Å²) in [6.07, 6.45) is 0.777. The van der Waals surface area contributed by atoms with Gasteiger partial charge in [-0.15, -0.1) is 5.10 Å². The number of piperazine rings is 1. The Morgan fingerprint density at radius 2 is 1.64 bits per heavy atom. The average Bonchev–Trinajstić information content (AvgIpc) is 3.17. The van der Waals surface area contributed by atoms with Crippen LogP contribution in [-0.4, -0.2) is 78.8 Å². The molecule has 1 aliphatic heterocycles. The quantitative estimate of drug-likeness (QED) is 0.652. The highest BCUT2D eigenvalue weighted by molar-refractivity contribution is 6.00. The van der Waals surface area contributed by atoms with Crippen LogP contribution in [0.3, 0.4) is 0 Å². The number of ether oxygens (including phenoxy) is 2. The molecule has 3 rings (SSSR count). The molecular formula is C19H25N5O4. The lowest BCUT2D eigenvalue weighted by molar-refractivity contribution is 0.0543. The zero-order valence-corrected chi connectivity index (χ0v) is 16.2. The van der Waals surface area contributed by atoms with E-state index in [1.807, 2.05) is 6.07 Å². The van der Waals surface area contributed by atoms with Crippen molar-refractivity contribution in [2.45, 2.75) is 13.0 Å². The normalized spacial score (nSPS) is 14.7. The van der Waals surface area contributed by atoms with Crippen molar-refractivity contribution in [2.24, 2.45) is 0 Å². The van der Waals surface area contributed by atoms with Crippen molar-refractivity contribution in [3.8, 4) is 0 Å². The number of carbonyl (C=O) groups excluding carboxylic acids is 2. The van der Waals surface area contributed by atoms with Gasteiger partial charge in [0.15, 0.2) is 5.69 Å². The van der Waals surface area contributed by atoms with E-state index in [1.54, 1.807) is 0 Å². The minimum atomic E-state index is -0.705. The topological polar surface area (TPSA) is 89.8 Å². The van der Waals surface area contributed by atoms with E-state index in [1.165, 1.54) is 24.6 Å². The number of anilines is 1. The molecular weight excluding hydrogens is 362 g/mol. The summed E-state index contributed by atoms with van der Waals surface area (Å²) < 4.78 is 10.8. The maximum Gasteiger partial charge on any atom is 0.361 e. The Bertz CT molecular complexity index is 800. The standard InChI is InChI=1S/C19H25N5O4/c1-27-18(25)16-17(19(26)28-2)24(21-20-16)10-6-9-22-11-13-23(14-12-22)15-7-4-3-5-8-15/h3-5,7-8H,6,9-14H2,1-2H3. The van der Waals surface area contributed by atoms with Gasteiger partial charge in [0.2, 0.25) is 5.69 Å². The van der Waals surface area contributed by atoms with Crippen molar-refractivity contribution in [1.29, 1.82) is 0 Å². The van der Waals surface area contributed by atoms with Crippen molar-refractivity contribution in [3.63, 3.8) is 0 Å². The number of carbonyl (C=O) groups is 2. The Balaban J connectivity index is 1.52. The fourth-order valence-corrected chi connectivity index (χ4v) is 3.32. The maximum atomic E-state index is 12.0. The van der Waals surface area contributed by atoms with Gasteiger partial charge in [-0.1, -0.05) is 23.4 Å². The van der Waals surface area contributed by atoms with Crippen molar-refractivity contribution in [1.82, 2.24) is 19.9 Å². The molecule has 28 heavy (non-hydrogen) atoms. The minimum Gasteiger partial charge on any atom is -0.464 e. The third-order valence-corrected chi connectivity index (χ3v) is 4.83. The van der Waals surface area contributed by atoms with Crippen LogP contribution in [0.25, 0.3) is 0 Å². The molecule has 9 heteroatoms. The predicted octanol–water partition coefficient (Wildman–Crippen LogP) is 1.06. The summed E-state index contributed by atoms with van der Waals surface area (Å²) in [5.74, 6) is -1.36. The van der Waals surface area contributed by atoms with Crippen LogP contribution in [0.15, 0.2) is 30.3 Å². The molecule has 0 aliphatic carbocycles. The fourth-order valence-electron chi connectivity index (χ4n) is 3.32. The van der Waals surface area contributed by atoms with Gasteiger partial charge in [-0.05, 0) is 18.6 Å². The van der Waals surface area contributed by atoms with Crippen molar-refractivity contribution in [3.05, 3.63) is 41.7 Å². The third kappa shape index (κ3) is 4.48. The van der Waals surface area contributed by atoms with Crippen LogP contribution in [0.4, 0.5) is 5.69 Å². The van der Waals surface area contributed by atoms with Gasteiger partial charge in [-0.2, -0.15) is 0 Å². The summed E-state index contributed by atoms with van der Waals surface area (Å²) >= 11 is 0. The molecule has 9 nitrogen and oxygen atoms in total. The summed E-state index contributed by atoms with van der Waals surface area (Å²) in [4.78, 5) is 28.6. The molecule has 1 saturated heterocycles. The molecule has 150 valence electrons. The number of hydrogen-bond donors (Lipinski definition) is 0. The Hall–Kier alpha value is -2.94. The second-order valence-electron chi connectivity index (χ2n) is 6.51. The van der Waals surface area contributed by atoms with Gasteiger partial charge in [0.25, 0.3) is 0 Å². The fraction of sp³-hybridized carbons (Fsp3) is 0.474. The number of rotatable bonds is 7. The predicted molar refractivity (Wildman–Crippen MR) is 102 cm³/mol. The highest BCUT2D eigenvalue weighted by atomic mass is 16.5. The van der Waals surface area contributed by atoms with Crippen molar-refractivity contribution < 1.29 is 19.1 Å². The number of hydrogen-bond acceptors (Lipinski definition) is 8. The highest BCUT2D eigenvalue weighted by Gasteiger charge is 2.27. The first-order valence-electron chi connectivity index (χ1n) is 9.26. The van der Waals surface area contributed by atoms with E-state index in [2.05, 4.69) is 49.1 Å². The van der Waals surface area contributed by atoms with Gasteiger partial charge in [0.1, 0.15) is 0 Å². The van der Waals surface area contributed by atoms with E-state index in [9.17, 15) is 9.59 Å². The first-order chi connectivity index (χ1) is 13.6. The Labute approximate surface area is 163 Å². The molecule has 0 spiro atoms. The van der Waals surface area contributed by atoms with Gasteiger partial charge in [0.05, 0.1) is 14.2 Å². The smallest absolute Gasteiger partial charge is 0.361 e. The number of aryl methyl sites for hydroxylation is 1. The number of aromatic nitrogens is 3. The molecule has 0 saturated carbocycles. The molecule has 1 aliphatic rings. The monoisotopic (exact) mass is 387 g/mol. The molecule has 0 amide bonds. The minimum absolute atomic E-state index is 0.0308. The zero-order valence-electron chi connectivity index (χ0n) is 16.2. The molecule has 2 heterocycles. The summed E-state index contributed by atoms with van der Waals surface area (Å²) in [7, 11) is 2.49. The Morgan fingerprint density at radius 3 is 2.29 bits per heavy atom. The molecule has 0 bridgehead atoms. The Morgan fingerprint density at radius 1 is 0.964 bits per heavy atom. The zero-order chi connectivity index (χ0) is 19.9. The Kier molecular flexibility index (Phi) is 6.59. The molecule has 1 aromatic carbocycles. The lowest BCUT2D eigenvalue weighted by atomic mass is 10.2. The van der Waals surface area contributed by atoms with E-state index in [0.29, 0.717) is 6.54 Å². The molecule has 0 radical (unpaired) electrons. The molecule has 2 aromatic rings. The lowest BCUT2D eigenvalue weighted by Gasteiger charge is -2.36. The van der Waals surface area contributed by atoms with E-state index in [4.69, 9.17) is 4.74 Å². The number of methoxy groups -OCH3 is 2. The summed E-state index contributed by atoms with van der Waals surface area (Å²) in [5.41, 5.74) is 1.16. The number of para-hydroxylation sites is 1. The van der Waals surface area contributed by atoms with Crippen LogP contribution in [0.2, 0.25) is 0 Å². The van der Waals surface area contributed by atoms with Crippen LogP contribution in [0, 0.1) is 0 Å². The van der Waals surface area contributed by atoms with Gasteiger partial charge >= 0.3 is 11.9 Å². The van der Waals surface area contributed by atoms with E-state index in [-0.39, 0.29) is 11.4 Å². The average molecular weight is 387 g/mol. The molecule has 1 aromatic heterocycles. The van der Waals surface area contributed by atoms with E-state index >= 15 is 0 Å². The van der Waals surface area contributed by atoms with E-state index < -0.39 is 11.9 Å². The van der Waals surface area contributed by atoms with Gasteiger partial charge < -0.3 is 14.4 Å². The number of esters is 2. The molecule has 0 unspecified atom stereocenters. The van der Waals surface area contributed by atoms with E-state index in [0.717, 1.165) is 39.1 Å². The number of nitrogens with zero attached hydrogens (tertiary/aromatic N) is 5. The van der Waals surface area contributed by atoms with Crippen LogP contribution in [-0.2, 0) is 16.0 Å². The van der Waals surface area contributed by atoms with Crippen LogP contribution in [0.5, 0.6) is 0 Å². The highest BCUT2D eigenvalue weighted by Crippen LogP contribution is 2.16. The first-order valence-corrected chi connectivity index (χ1v) is 9.26. The lowest BCUT2D eigenvalue weighted by Crippen LogP contribution is -2.46. The van der Waals surface area contributed by atoms with Gasteiger partial charge in [-0.3, -0.25) is 4.90 Å². The third-order valence-electron chi connectivity index (χ3n) is 4.83. The second kappa shape index (κ2) is 9.32. The summed E-state index contributed by atoms with van der Waals surface area (Å²) in [6, 6.07) is 10.4. The first kappa shape index (κ1) is 19.8.